The first-order chi connectivity index (χ1) is 43.3. The molecule has 28 heteroatoms. The van der Waals surface area contributed by atoms with Gasteiger partial charge in [-0.1, -0.05) is 138 Å². The van der Waals surface area contributed by atoms with E-state index in [0.29, 0.717) is 68.5 Å². The highest BCUT2D eigenvalue weighted by atomic mass is 31.0. The molecule has 0 spiro atoms. The Hall–Kier alpha value is -6.06. The molecule has 5 amide bonds. The van der Waals surface area contributed by atoms with Crippen molar-refractivity contribution in [3.63, 3.8) is 0 Å². The van der Waals surface area contributed by atoms with Gasteiger partial charge >= 0.3 is 0 Å². The van der Waals surface area contributed by atoms with Crippen LogP contribution >= 0.6 is 37.0 Å². The monoisotopic (exact) mass is 1330 g/mol. The number of ether oxygens (including phenoxy) is 6. The lowest BCUT2D eigenvalue weighted by Crippen LogP contribution is -2.28. The van der Waals surface area contributed by atoms with Crippen LogP contribution in [0.25, 0.3) is 0 Å². The van der Waals surface area contributed by atoms with Gasteiger partial charge in [-0.05, 0) is 84.7 Å². The highest BCUT2D eigenvalue weighted by Gasteiger charge is 2.10. The van der Waals surface area contributed by atoms with Gasteiger partial charge in [0.05, 0.1) is 26.4 Å². The van der Waals surface area contributed by atoms with Crippen LogP contribution in [0.1, 0.15) is 79.6 Å². The summed E-state index contributed by atoms with van der Waals surface area (Å²) in [7, 11) is 8.09. The predicted octanol–water partition coefficient (Wildman–Crippen LogP) is 4.74. The van der Waals surface area contributed by atoms with Gasteiger partial charge in [-0.15, -0.1) is 0 Å². The van der Waals surface area contributed by atoms with E-state index in [1.54, 1.807) is 60.7 Å². The van der Waals surface area contributed by atoms with Crippen molar-refractivity contribution < 1.29 is 76.4 Å². The van der Waals surface area contributed by atoms with Gasteiger partial charge < -0.3 is 71.0 Å². The Labute approximate surface area is 538 Å². The van der Waals surface area contributed by atoms with E-state index in [1.807, 2.05) is 84.9 Å². The van der Waals surface area contributed by atoms with Crippen LogP contribution in [0, 0.1) is 0 Å². The van der Waals surface area contributed by atoms with Crippen molar-refractivity contribution in [3.8, 4) is 0 Å². The zero-order valence-electron chi connectivity index (χ0n) is 52.0. The van der Waals surface area contributed by atoms with Crippen LogP contribution < -0.4 is 42.5 Å². The molecule has 0 fully saturated rings. The second kappa shape index (κ2) is 53.6. The molecule has 0 aliphatic carbocycles. The lowest BCUT2D eigenvalue weighted by molar-refractivity contribution is -0.127. The molecule has 4 atom stereocenters. The number of rotatable bonds is 43. The van der Waals surface area contributed by atoms with Crippen LogP contribution in [-0.2, 0) is 97.6 Å². The maximum Gasteiger partial charge on any atom is 0.250 e. The van der Waals surface area contributed by atoms with E-state index in [2.05, 4.69) is 58.7 Å². The van der Waals surface area contributed by atoms with Gasteiger partial charge in [-0.25, -0.2) is 0 Å². The van der Waals surface area contributed by atoms with Crippen molar-refractivity contribution >= 4 is 111 Å². The number of benzene rings is 4. The molecule has 90 heavy (non-hydrogen) atoms. The van der Waals surface area contributed by atoms with Crippen molar-refractivity contribution in [3.05, 3.63) is 125 Å². The second-order valence-corrected chi connectivity index (χ2v) is 21.7. The zero-order chi connectivity index (χ0) is 66.6. The highest BCUT2D eigenvalue weighted by molar-refractivity contribution is 7.41. The summed E-state index contributed by atoms with van der Waals surface area (Å²) in [5, 5.41) is 22.9. The minimum atomic E-state index is -0.344. The summed E-state index contributed by atoms with van der Waals surface area (Å²) < 4.78 is 30.7. The molecule has 0 saturated heterocycles. The van der Waals surface area contributed by atoms with Crippen LogP contribution in [0.5, 0.6) is 0 Å². The Morgan fingerprint density at radius 1 is 0.367 bits per heavy atom. The Bertz CT molecular complexity index is 2730. The molecular formula is C62H92N8O16P4. The van der Waals surface area contributed by atoms with Crippen molar-refractivity contribution in [2.24, 2.45) is 0 Å². The van der Waals surface area contributed by atoms with Crippen molar-refractivity contribution in [1.82, 2.24) is 26.6 Å². The first-order valence-corrected chi connectivity index (χ1v) is 31.6. The van der Waals surface area contributed by atoms with Crippen molar-refractivity contribution in [1.29, 1.82) is 0 Å². The summed E-state index contributed by atoms with van der Waals surface area (Å²) in [5.41, 5.74) is 5.81. The summed E-state index contributed by atoms with van der Waals surface area (Å²) >= 11 is 0. The summed E-state index contributed by atoms with van der Waals surface area (Å²) in [5.74, 6) is -1.18. The number of carbonyl (C=O) groups is 10. The normalized spacial score (nSPS) is 10.4. The number of hydrogen-bond donors (Lipinski definition) is 8. The Kier molecular flexibility index (Phi) is 48.8. The van der Waals surface area contributed by atoms with E-state index in [4.69, 9.17) is 28.4 Å². The van der Waals surface area contributed by atoms with Crippen molar-refractivity contribution in [2.45, 2.75) is 73.0 Å². The van der Waals surface area contributed by atoms with Crippen LogP contribution in [-0.4, -0.2) is 169 Å². The molecule has 8 N–H and O–H groups in total. The fraction of sp³-hybridized carbons (Fsp3) is 0.452. The van der Waals surface area contributed by atoms with Gasteiger partial charge in [-0.2, -0.15) is 0 Å². The lowest BCUT2D eigenvalue weighted by atomic mass is 10.1. The molecule has 4 aromatic carbocycles. The van der Waals surface area contributed by atoms with E-state index in [9.17, 15) is 47.9 Å². The SMILES string of the molecule is CCCCCOCCOCC(=O)NCc1ccc(NC(=O)COCC(=O)P)cc1.CCNCC(=O)Cc1ccc(C(=O)P)cc1.CCNCCOCC(=O)NCc1ccc(NC(=O)COCC(=O)P)cc1.CCNCc1ccc(NC(=O)COCC(=O)P)cc1. The Balaban J connectivity index is 0.000000614. The number of ketones is 1. The first-order valence-electron chi connectivity index (χ1n) is 29.3. The Morgan fingerprint density at radius 2 is 0.744 bits per heavy atom. The molecule has 0 aromatic heterocycles. The Morgan fingerprint density at radius 3 is 1.13 bits per heavy atom. The van der Waals surface area contributed by atoms with Gasteiger partial charge in [0.1, 0.15) is 52.9 Å². The first kappa shape index (κ1) is 82.0. The molecule has 0 radical (unpaired) electrons. The number of anilines is 3. The topological polar surface area (TPSA) is 322 Å². The van der Waals surface area contributed by atoms with E-state index in [-0.39, 0.29) is 110 Å². The van der Waals surface area contributed by atoms with E-state index in [1.165, 1.54) is 0 Å². The number of likely N-dealkylation sites (N-methyl/N-ethyl adjacent to an activating group) is 2. The maximum absolute atomic E-state index is 11.8. The fourth-order valence-corrected chi connectivity index (χ4v) is 7.43. The largest absolute Gasteiger partial charge is 0.379 e. The van der Waals surface area contributed by atoms with Crippen LogP contribution in [0.4, 0.5) is 17.1 Å². The fourth-order valence-electron chi connectivity index (χ4n) is 6.88. The molecule has 4 unspecified atom stereocenters. The molecule has 0 bridgehead atoms. The van der Waals surface area contributed by atoms with Gasteiger partial charge in [0.2, 0.25) is 29.5 Å². The van der Waals surface area contributed by atoms with Gasteiger partial charge in [0.25, 0.3) is 0 Å². The molecule has 0 aliphatic rings. The van der Waals surface area contributed by atoms with Gasteiger partial charge in [0.15, 0.2) is 27.9 Å². The maximum atomic E-state index is 11.8. The van der Waals surface area contributed by atoms with Crippen LogP contribution in [0.2, 0.25) is 0 Å². The molecule has 0 saturated carbocycles. The molecule has 4 aromatic rings. The number of amides is 5. The quantitative estimate of drug-likeness (QED) is 0.0219. The van der Waals surface area contributed by atoms with Crippen molar-refractivity contribution in [2.75, 3.05) is 128 Å². The van der Waals surface area contributed by atoms with Crippen LogP contribution in [0.3, 0.4) is 0 Å². The second-order valence-electron chi connectivity index (χ2n) is 19.3. The number of Topliss-reactive ketones (excluding diaryl/α,β-unsaturated/α-hetero) is 1. The number of unbranched alkanes of at least 4 members (excludes halogenated alkanes) is 2. The third kappa shape index (κ3) is 46.9. The summed E-state index contributed by atoms with van der Waals surface area (Å²) in [6.45, 7) is 14.7. The number of hydrogen-bond acceptors (Lipinski definition) is 19. The average Bonchev–Trinajstić information content (AvgIpc) is 3.55. The molecule has 4 rings (SSSR count). The van der Waals surface area contributed by atoms with E-state index >= 15 is 0 Å². The molecule has 0 heterocycles. The molecular weight excluding hydrogens is 1240 g/mol. The van der Waals surface area contributed by atoms with E-state index < -0.39 is 0 Å². The summed E-state index contributed by atoms with van der Waals surface area (Å²) in [6, 6.07) is 28.8. The van der Waals surface area contributed by atoms with Gasteiger partial charge in [-0.3, -0.25) is 47.9 Å². The summed E-state index contributed by atoms with van der Waals surface area (Å²) in [4.78, 5) is 113. The van der Waals surface area contributed by atoms with E-state index in [0.717, 1.165) is 80.8 Å². The minimum Gasteiger partial charge on any atom is -0.379 e. The smallest absolute Gasteiger partial charge is 0.250 e. The lowest BCUT2D eigenvalue weighted by Gasteiger charge is -2.09. The van der Waals surface area contributed by atoms with Gasteiger partial charge in [0, 0.05) is 61.8 Å². The third-order valence-electron chi connectivity index (χ3n) is 11.3. The molecule has 24 nitrogen and oxygen atoms in total. The average molecular weight is 1330 g/mol. The zero-order valence-corrected chi connectivity index (χ0v) is 56.7. The number of nitrogens with one attached hydrogen (secondary N) is 8. The standard InChI is InChI=1S/C20H31N2O6P.C17H26N3O5P.C13H19N2O3P.C12H16NO2P/c1-2-3-4-9-26-10-11-27-13-18(23)21-12-16-5-7-17(8-6-16)22-19(24)14-28-15-20(25)29;1-2-18-7-8-24-10-15(21)19-9-13-3-5-14(6-4-13)20-16(22)11-25-12-17(23)26;1-2-14-7-10-3-5-11(6-4-10)15-12(16)8-18-9-13(17)19;1-2-13-8-11(14)7-9-3-5-10(6-4-9)12(15)16/h5-8H,2-4,9-15,29H2,1H3,(H,21,23)(H,22,24);3-6,18H,2,7-12,26H2,1H3,(H,19,21)(H,20,22);3-6,14H,2,7-9,19H2,1H3,(H,15,16);3-6,13H,2,7-8,16H2,1H3. The predicted molar refractivity (Wildman–Crippen MR) is 361 cm³/mol. The van der Waals surface area contributed by atoms with Crippen LogP contribution in [0.15, 0.2) is 97.1 Å². The highest BCUT2D eigenvalue weighted by Crippen LogP contribution is 2.13. The third-order valence-corrected chi connectivity index (χ3v) is 12.2. The number of carbonyl (C=O) groups excluding carboxylic acids is 10. The molecule has 496 valence electrons. The summed E-state index contributed by atoms with van der Waals surface area (Å²) in [6.07, 6.45) is 3.78. The molecule has 0 aliphatic heterocycles. The minimum absolute atomic E-state index is 0.00870.